The van der Waals surface area contributed by atoms with E-state index in [1.165, 1.54) is 18.5 Å². The van der Waals surface area contributed by atoms with E-state index < -0.39 is 24.4 Å². The van der Waals surface area contributed by atoms with E-state index in [4.69, 9.17) is 10.5 Å². The number of halogens is 1. The number of aromatic nitrogens is 3. The molecule has 166 valence electrons. The van der Waals surface area contributed by atoms with E-state index in [-0.39, 0.29) is 11.9 Å². The third-order valence-electron chi connectivity index (χ3n) is 6.18. The maximum absolute atomic E-state index is 13.9. The summed E-state index contributed by atoms with van der Waals surface area (Å²) in [6.45, 7) is 3.97. The summed E-state index contributed by atoms with van der Waals surface area (Å²) in [6.07, 6.45) is 3.53. The smallest absolute Gasteiger partial charge is 0.143 e. The van der Waals surface area contributed by atoms with Crippen molar-refractivity contribution in [1.29, 1.82) is 0 Å². The van der Waals surface area contributed by atoms with Crippen LogP contribution in [0.3, 0.4) is 0 Å². The van der Waals surface area contributed by atoms with Gasteiger partial charge in [0.1, 0.15) is 41.9 Å². The molecule has 0 aliphatic heterocycles. The second-order valence-corrected chi connectivity index (χ2v) is 8.29. The summed E-state index contributed by atoms with van der Waals surface area (Å²) in [5, 5.41) is 22.4. The fraction of sp³-hybridized carbons (Fsp3) is 0.478. The number of nitrogens with zero attached hydrogens (tertiary/aromatic N) is 3. The van der Waals surface area contributed by atoms with E-state index >= 15 is 0 Å². The second-order valence-electron chi connectivity index (χ2n) is 8.29. The zero-order valence-corrected chi connectivity index (χ0v) is 17.8. The number of benzene rings is 1. The summed E-state index contributed by atoms with van der Waals surface area (Å²) >= 11 is 0. The molecule has 1 saturated carbocycles. The first-order chi connectivity index (χ1) is 14.9. The molecule has 0 bridgehead atoms. The highest BCUT2D eigenvalue weighted by atomic mass is 19.1. The molecule has 1 aromatic carbocycles. The van der Waals surface area contributed by atoms with Gasteiger partial charge in [-0.25, -0.2) is 14.4 Å². The van der Waals surface area contributed by atoms with E-state index in [0.717, 1.165) is 23.9 Å². The molecule has 31 heavy (non-hydrogen) atoms. The summed E-state index contributed by atoms with van der Waals surface area (Å²) in [7, 11) is 0. The molecule has 5 atom stereocenters. The van der Waals surface area contributed by atoms with Crippen LogP contribution in [0.15, 0.2) is 36.8 Å². The Labute approximate surface area is 180 Å². The maximum Gasteiger partial charge on any atom is 0.143 e. The first-order valence-corrected chi connectivity index (χ1v) is 10.8. The Morgan fingerprint density at radius 2 is 2.06 bits per heavy atom. The molecule has 7 nitrogen and oxygen atoms in total. The predicted octanol–water partition coefficient (Wildman–Crippen LogP) is 3.18. The molecule has 3 aromatic rings. The predicted molar refractivity (Wildman–Crippen MR) is 115 cm³/mol. The third-order valence-corrected chi connectivity index (χ3v) is 6.18. The average molecular weight is 429 g/mol. The van der Waals surface area contributed by atoms with Crippen LogP contribution in [0.5, 0.6) is 5.75 Å². The van der Waals surface area contributed by atoms with Gasteiger partial charge in [-0.15, -0.1) is 0 Å². The van der Waals surface area contributed by atoms with Crippen molar-refractivity contribution in [2.75, 3.05) is 0 Å². The third kappa shape index (κ3) is 4.15. The Balaban J connectivity index is 1.59. The van der Waals surface area contributed by atoms with Crippen molar-refractivity contribution in [3.63, 3.8) is 0 Å². The van der Waals surface area contributed by atoms with Gasteiger partial charge in [0.2, 0.25) is 0 Å². The quantitative estimate of drug-likeness (QED) is 0.534. The molecular weight excluding hydrogens is 399 g/mol. The Kier molecular flexibility index (Phi) is 6.22. The largest absolute Gasteiger partial charge is 0.487 e. The number of hydrogen-bond donors (Lipinski definition) is 3. The molecule has 0 saturated heterocycles. The molecule has 2 aromatic heterocycles. The van der Waals surface area contributed by atoms with Crippen LogP contribution >= 0.6 is 0 Å². The van der Waals surface area contributed by atoms with Crippen molar-refractivity contribution in [2.45, 2.75) is 69.9 Å². The minimum Gasteiger partial charge on any atom is -0.487 e. The van der Waals surface area contributed by atoms with Crippen LogP contribution in [0.2, 0.25) is 0 Å². The standard InChI is InChI=1S/C23H29FN4O3/c1-3-4-5-17(25)16-10-14(24)6-7-19(16)31-20-11-18(21(29)22(20)30)28-9-8-15-13(2)26-12-27-23(15)28/h6-10,12,17-18,20-22,29-30H,3-5,11,25H2,1-2H3/t17-,18-,20+,21+,22-/m1/s1. The van der Waals surface area contributed by atoms with Crippen molar-refractivity contribution in [2.24, 2.45) is 5.73 Å². The normalized spacial score (nSPS) is 24.6. The minimum atomic E-state index is -1.10. The number of hydrogen-bond acceptors (Lipinski definition) is 6. The lowest BCUT2D eigenvalue weighted by Crippen LogP contribution is -2.34. The molecule has 0 unspecified atom stereocenters. The molecule has 1 aliphatic rings. The molecule has 0 amide bonds. The fourth-order valence-corrected chi connectivity index (χ4v) is 4.38. The molecule has 1 fully saturated rings. The van der Waals surface area contributed by atoms with Crippen LogP contribution in [-0.2, 0) is 0 Å². The second kappa shape index (κ2) is 8.90. The number of nitrogens with two attached hydrogens (primary N) is 1. The fourth-order valence-electron chi connectivity index (χ4n) is 4.38. The van der Waals surface area contributed by atoms with Gasteiger partial charge in [0.05, 0.1) is 11.7 Å². The molecule has 4 N–H and O–H groups in total. The van der Waals surface area contributed by atoms with Gasteiger partial charge >= 0.3 is 0 Å². The number of unbranched alkanes of at least 4 members (excludes halogenated alkanes) is 1. The minimum absolute atomic E-state index is 0.363. The Bertz CT molecular complexity index is 1060. The van der Waals surface area contributed by atoms with Crippen LogP contribution in [0.25, 0.3) is 11.0 Å². The first-order valence-electron chi connectivity index (χ1n) is 10.8. The van der Waals surface area contributed by atoms with Gasteiger partial charge in [-0.2, -0.15) is 0 Å². The van der Waals surface area contributed by atoms with E-state index in [2.05, 4.69) is 16.9 Å². The van der Waals surface area contributed by atoms with Gasteiger partial charge in [0, 0.05) is 29.6 Å². The van der Waals surface area contributed by atoms with Gasteiger partial charge in [0.15, 0.2) is 0 Å². The lowest BCUT2D eigenvalue weighted by molar-refractivity contribution is -0.0166. The number of fused-ring (bicyclic) bond motifs is 1. The highest BCUT2D eigenvalue weighted by Crippen LogP contribution is 2.37. The number of aliphatic hydroxyl groups excluding tert-OH is 2. The van der Waals surface area contributed by atoms with Crippen LogP contribution in [0, 0.1) is 12.7 Å². The molecule has 4 rings (SSSR count). The van der Waals surface area contributed by atoms with Crippen molar-refractivity contribution < 1.29 is 19.3 Å². The van der Waals surface area contributed by atoms with Gasteiger partial charge in [-0.3, -0.25) is 0 Å². The zero-order valence-electron chi connectivity index (χ0n) is 17.8. The number of aryl methyl sites for hydroxylation is 1. The van der Waals surface area contributed by atoms with Crippen molar-refractivity contribution in [3.05, 3.63) is 53.9 Å². The summed E-state index contributed by atoms with van der Waals surface area (Å²) in [6, 6.07) is 5.39. The summed E-state index contributed by atoms with van der Waals surface area (Å²) in [5.41, 5.74) is 8.42. The van der Waals surface area contributed by atoms with E-state index in [1.807, 2.05) is 23.8 Å². The molecule has 2 heterocycles. The highest BCUT2D eigenvalue weighted by molar-refractivity contribution is 5.78. The van der Waals surface area contributed by atoms with Crippen molar-refractivity contribution in [1.82, 2.24) is 14.5 Å². The van der Waals surface area contributed by atoms with Crippen LogP contribution < -0.4 is 10.5 Å². The monoisotopic (exact) mass is 428 g/mol. The number of rotatable bonds is 7. The van der Waals surface area contributed by atoms with Gasteiger partial charge in [-0.1, -0.05) is 19.8 Å². The van der Waals surface area contributed by atoms with Gasteiger partial charge in [0.25, 0.3) is 0 Å². The SMILES string of the molecule is CCCC[C@@H](N)c1cc(F)ccc1O[C@H]1C[C@@H](n2ccc3c(C)ncnc32)[C@H](O)[C@@H]1O. The topological polar surface area (TPSA) is 106 Å². The lowest BCUT2D eigenvalue weighted by atomic mass is 10.0. The van der Waals surface area contributed by atoms with Crippen molar-refractivity contribution in [3.8, 4) is 5.75 Å². The van der Waals surface area contributed by atoms with E-state index in [0.29, 0.717) is 29.8 Å². The van der Waals surface area contributed by atoms with Gasteiger partial charge < -0.3 is 25.3 Å². The molecule has 0 spiro atoms. The van der Waals surface area contributed by atoms with Crippen LogP contribution in [0.1, 0.15) is 55.9 Å². The maximum atomic E-state index is 13.9. The summed E-state index contributed by atoms with van der Waals surface area (Å²) in [5.74, 6) is 0.0606. The average Bonchev–Trinajstić information content (AvgIpc) is 3.30. The Morgan fingerprint density at radius 1 is 1.26 bits per heavy atom. The van der Waals surface area contributed by atoms with Gasteiger partial charge in [-0.05, 0) is 37.6 Å². The lowest BCUT2D eigenvalue weighted by Gasteiger charge is -2.22. The molecule has 1 aliphatic carbocycles. The first kappa shape index (κ1) is 21.7. The van der Waals surface area contributed by atoms with Crippen molar-refractivity contribution >= 4 is 11.0 Å². The van der Waals surface area contributed by atoms with Crippen LogP contribution in [-0.4, -0.2) is 43.1 Å². The van der Waals surface area contributed by atoms with E-state index in [9.17, 15) is 14.6 Å². The molecule has 8 heteroatoms. The zero-order chi connectivity index (χ0) is 22.1. The highest BCUT2D eigenvalue weighted by Gasteiger charge is 2.44. The molecule has 0 radical (unpaired) electrons. The Morgan fingerprint density at radius 3 is 2.84 bits per heavy atom. The summed E-state index contributed by atoms with van der Waals surface area (Å²) < 4.78 is 21.9. The Hall–Kier alpha value is -2.55. The summed E-state index contributed by atoms with van der Waals surface area (Å²) in [4.78, 5) is 8.55. The number of ether oxygens (including phenoxy) is 1. The number of aliphatic hydroxyl groups is 2. The van der Waals surface area contributed by atoms with E-state index in [1.54, 1.807) is 6.07 Å². The van der Waals surface area contributed by atoms with Crippen LogP contribution in [0.4, 0.5) is 4.39 Å². The molecular formula is C23H29FN4O3.